The molecule has 34 heavy (non-hydrogen) atoms. The van der Waals surface area contributed by atoms with Gasteiger partial charge in [-0.3, -0.25) is 9.78 Å². The van der Waals surface area contributed by atoms with E-state index in [2.05, 4.69) is 25.1 Å². The van der Waals surface area contributed by atoms with Crippen LogP contribution >= 0.6 is 0 Å². The molecule has 2 saturated heterocycles. The standard InChI is InChI=1S/C29H31FN2O2/c1-21-7-4-9-23(19-21)29(14-17-34-18-15-29)28(33)32-16-6-13-27(32)26-12-5-10-24(31-26)20-22-8-2-3-11-25(22)30/h2-5,7-12,19,27H,6,13-18,20H2,1H3/t27-/m1/s1. The number of halogens is 1. The van der Waals surface area contributed by atoms with E-state index in [0.29, 0.717) is 38.0 Å². The van der Waals surface area contributed by atoms with E-state index in [9.17, 15) is 9.18 Å². The van der Waals surface area contributed by atoms with E-state index in [1.165, 1.54) is 6.07 Å². The van der Waals surface area contributed by atoms with Gasteiger partial charge in [-0.15, -0.1) is 0 Å². The molecule has 0 unspecified atom stereocenters. The second-order valence-corrected chi connectivity index (χ2v) is 9.54. The molecule has 176 valence electrons. The number of hydrogen-bond donors (Lipinski definition) is 0. The number of ether oxygens (including phenoxy) is 1. The number of aryl methyl sites for hydroxylation is 1. The molecule has 4 nitrogen and oxygen atoms in total. The SMILES string of the molecule is Cc1cccc(C2(C(=O)N3CCC[C@@H]3c3cccc(Cc4ccccc4F)n3)CCOCC2)c1. The van der Waals surface area contributed by atoms with Crippen molar-refractivity contribution in [1.29, 1.82) is 0 Å². The summed E-state index contributed by atoms with van der Waals surface area (Å²) in [6, 6.07) is 21.0. The molecule has 1 amide bonds. The largest absolute Gasteiger partial charge is 0.381 e. The minimum Gasteiger partial charge on any atom is -0.381 e. The van der Waals surface area contributed by atoms with Crippen LogP contribution in [0.4, 0.5) is 4.39 Å². The van der Waals surface area contributed by atoms with Gasteiger partial charge in [-0.25, -0.2) is 4.39 Å². The Labute approximate surface area is 200 Å². The van der Waals surface area contributed by atoms with E-state index in [0.717, 1.165) is 41.9 Å². The number of hydrogen-bond acceptors (Lipinski definition) is 3. The molecule has 2 aliphatic rings. The molecule has 2 fully saturated rings. The highest BCUT2D eigenvalue weighted by atomic mass is 19.1. The third-order valence-electron chi connectivity index (χ3n) is 7.34. The fraction of sp³-hybridized carbons (Fsp3) is 0.379. The van der Waals surface area contributed by atoms with Gasteiger partial charge >= 0.3 is 0 Å². The van der Waals surface area contributed by atoms with Crippen LogP contribution in [0.2, 0.25) is 0 Å². The lowest BCUT2D eigenvalue weighted by Gasteiger charge is -2.41. The first kappa shape index (κ1) is 22.7. The number of likely N-dealkylation sites (tertiary alicyclic amines) is 1. The number of amides is 1. The van der Waals surface area contributed by atoms with Crippen LogP contribution in [0.1, 0.15) is 59.8 Å². The first-order chi connectivity index (χ1) is 16.6. The highest BCUT2D eigenvalue weighted by Gasteiger charge is 2.47. The van der Waals surface area contributed by atoms with Gasteiger partial charge < -0.3 is 9.64 Å². The summed E-state index contributed by atoms with van der Waals surface area (Å²) in [6.45, 7) is 3.99. The van der Waals surface area contributed by atoms with Crippen molar-refractivity contribution in [3.63, 3.8) is 0 Å². The van der Waals surface area contributed by atoms with Crippen molar-refractivity contribution in [3.05, 3.63) is 101 Å². The molecular weight excluding hydrogens is 427 g/mol. The fourth-order valence-corrected chi connectivity index (χ4v) is 5.50. The lowest BCUT2D eigenvalue weighted by molar-refractivity contribution is -0.142. The van der Waals surface area contributed by atoms with Crippen molar-refractivity contribution in [2.75, 3.05) is 19.8 Å². The van der Waals surface area contributed by atoms with Gasteiger partial charge in [0.1, 0.15) is 5.82 Å². The molecule has 1 aromatic heterocycles. The van der Waals surface area contributed by atoms with Crippen molar-refractivity contribution in [1.82, 2.24) is 9.88 Å². The topological polar surface area (TPSA) is 42.4 Å². The third-order valence-corrected chi connectivity index (χ3v) is 7.34. The molecule has 3 aromatic rings. The molecule has 2 aromatic carbocycles. The number of pyridine rings is 1. The molecule has 5 heteroatoms. The number of rotatable bonds is 5. The van der Waals surface area contributed by atoms with E-state index in [1.807, 2.05) is 35.2 Å². The van der Waals surface area contributed by atoms with Crippen LogP contribution in [-0.4, -0.2) is 35.5 Å². The van der Waals surface area contributed by atoms with Crippen molar-refractivity contribution in [3.8, 4) is 0 Å². The molecule has 0 N–H and O–H groups in total. The zero-order chi connectivity index (χ0) is 23.5. The van der Waals surface area contributed by atoms with E-state index in [1.54, 1.807) is 12.1 Å². The van der Waals surface area contributed by atoms with Gasteiger partial charge in [0.05, 0.1) is 17.2 Å². The van der Waals surface area contributed by atoms with Crippen LogP contribution in [0.15, 0.2) is 66.7 Å². The molecule has 2 aliphatic heterocycles. The van der Waals surface area contributed by atoms with E-state index < -0.39 is 5.41 Å². The van der Waals surface area contributed by atoms with Crippen molar-refractivity contribution < 1.29 is 13.9 Å². The molecule has 0 saturated carbocycles. The number of benzene rings is 2. The zero-order valence-electron chi connectivity index (χ0n) is 19.7. The smallest absolute Gasteiger partial charge is 0.233 e. The Morgan fingerprint density at radius 3 is 2.68 bits per heavy atom. The van der Waals surface area contributed by atoms with Crippen LogP contribution in [0.25, 0.3) is 0 Å². The van der Waals surface area contributed by atoms with Crippen LogP contribution < -0.4 is 0 Å². The summed E-state index contributed by atoms with van der Waals surface area (Å²) in [5, 5.41) is 0. The Kier molecular flexibility index (Phi) is 6.46. The Morgan fingerprint density at radius 1 is 1.09 bits per heavy atom. The third kappa shape index (κ3) is 4.37. The molecule has 0 bridgehead atoms. The molecule has 1 atom stereocenters. The van der Waals surface area contributed by atoms with Gasteiger partial charge in [0.25, 0.3) is 0 Å². The summed E-state index contributed by atoms with van der Waals surface area (Å²) in [5.74, 6) is -0.0304. The Bertz CT molecular complexity index is 1170. The quantitative estimate of drug-likeness (QED) is 0.505. The number of carbonyl (C=O) groups excluding carboxylic acids is 1. The maximum absolute atomic E-state index is 14.2. The lowest BCUT2D eigenvalue weighted by atomic mass is 9.72. The number of nitrogens with zero attached hydrogens (tertiary/aromatic N) is 2. The Balaban J connectivity index is 1.44. The Hall–Kier alpha value is -3.05. The minimum absolute atomic E-state index is 0.0578. The maximum Gasteiger partial charge on any atom is 0.233 e. The summed E-state index contributed by atoms with van der Waals surface area (Å²) in [6.07, 6.45) is 3.67. The molecule has 0 spiro atoms. The highest BCUT2D eigenvalue weighted by Crippen LogP contribution is 2.41. The van der Waals surface area contributed by atoms with Crippen LogP contribution in [0, 0.1) is 12.7 Å². The Morgan fingerprint density at radius 2 is 1.88 bits per heavy atom. The first-order valence-corrected chi connectivity index (χ1v) is 12.2. The fourth-order valence-electron chi connectivity index (χ4n) is 5.50. The highest BCUT2D eigenvalue weighted by molar-refractivity contribution is 5.89. The van der Waals surface area contributed by atoms with Gasteiger partial charge in [0.15, 0.2) is 0 Å². The van der Waals surface area contributed by atoms with Gasteiger partial charge in [0, 0.05) is 31.9 Å². The first-order valence-electron chi connectivity index (χ1n) is 12.2. The van der Waals surface area contributed by atoms with Crippen LogP contribution in [0.3, 0.4) is 0 Å². The van der Waals surface area contributed by atoms with Gasteiger partial charge in [-0.2, -0.15) is 0 Å². The molecule has 0 radical (unpaired) electrons. The van der Waals surface area contributed by atoms with E-state index in [-0.39, 0.29) is 17.8 Å². The molecule has 3 heterocycles. The number of carbonyl (C=O) groups is 1. The minimum atomic E-state index is -0.558. The average molecular weight is 459 g/mol. The summed E-state index contributed by atoms with van der Waals surface area (Å²) in [5.41, 5.74) is 4.04. The van der Waals surface area contributed by atoms with Gasteiger partial charge in [-0.1, -0.05) is 54.1 Å². The van der Waals surface area contributed by atoms with Gasteiger partial charge in [-0.05, 0) is 61.9 Å². The van der Waals surface area contributed by atoms with Crippen molar-refractivity contribution >= 4 is 5.91 Å². The normalized spacial score (nSPS) is 19.8. The van der Waals surface area contributed by atoms with Crippen LogP contribution in [-0.2, 0) is 21.4 Å². The molecule has 5 rings (SSSR count). The second kappa shape index (κ2) is 9.67. The van der Waals surface area contributed by atoms with Crippen LogP contribution in [0.5, 0.6) is 0 Å². The summed E-state index contributed by atoms with van der Waals surface area (Å²) in [4.78, 5) is 21.2. The summed E-state index contributed by atoms with van der Waals surface area (Å²) in [7, 11) is 0. The van der Waals surface area contributed by atoms with Crippen molar-refractivity contribution in [2.24, 2.45) is 0 Å². The molecular formula is C29H31FN2O2. The van der Waals surface area contributed by atoms with Gasteiger partial charge in [0.2, 0.25) is 5.91 Å². The number of aromatic nitrogens is 1. The predicted octanol–water partition coefficient (Wildman–Crippen LogP) is 5.53. The van der Waals surface area contributed by atoms with E-state index >= 15 is 0 Å². The predicted molar refractivity (Wildman–Crippen MR) is 130 cm³/mol. The summed E-state index contributed by atoms with van der Waals surface area (Å²) >= 11 is 0. The molecule has 0 aliphatic carbocycles. The van der Waals surface area contributed by atoms with Crippen molar-refractivity contribution in [2.45, 2.75) is 50.5 Å². The average Bonchev–Trinajstić information content (AvgIpc) is 3.36. The van der Waals surface area contributed by atoms with E-state index in [4.69, 9.17) is 9.72 Å². The zero-order valence-corrected chi connectivity index (χ0v) is 19.7. The monoisotopic (exact) mass is 458 g/mol. The maximum atomic E-state index is 14.2. The lowest BCUT2D eigenvalue weighted by Crippen LogP contribution is -2.49. The summed E-state index contributed by atoms with van der Waals surface area (Å²) < 4.78 is 19.9. The second-order valence-electron chi connectivity index (χ2n) is 9.54.